The third-order valence-corrected chi connectivity index (χ3v) is 6.73. The van der Waals surface area contributed by atoms with Gasteiger partial charge in [0.05, 0.1) is 0 Å². The van der Waals surface area contributed by atoms with Crippen molar-refractivity contribution in [3.8, 4) is 11.3 Å². The Balaban J connectivity index is 1.26. The number of halogens is 1. The number of carbonyl (C=O) groups excluding carboxylic acids is 2. The van der Waals surface area contributed by atoms with Crippen LogP contribution < -0.4 is 15.4 Å². The van der Waals surface area contributed by atoms with Crippen LogP contribution in [0.25, 0.3) is 22.2 Å². The molecule has 35 heavy (non-hydrogen) atoms. The fraction of sp³-hybridized carbons (Fsp3) is 0.222. The predicted octanol–water partition coefficient (Wildman–Crippen LogP) is 4.59. The maximum absolute atomic E-state index is 13.0. The summed E-state index contributed by atoms with van der Waals surface area (Å²) in [4.78, 5) is 29.1. The number of pyridine rings is 1. The van der Waals surface area contributed by atoms with E-state index in [2.05, 4.69) is 15.6 Å². The van der Waals surface area contributed by atoms with Crippen molar-refractivity contribution in [3.05, 3.63) is 94.4 Å². The van der Waals surface area contributed by atoms with Crippen molar-refractivity contribution < 1.29 is 14.3 Å². The lowest BCUT2D eigenvalue weighted by molar-refractivity contribution is -0.593. The molecule has 3 N–H and O–H groups in total. The van der Waals surface area contributed by atoms with Crippen LogP contribution in [0.2, 0.25) is 5.02 Å². The molecule has 1 aliphatic carbocycles. The highest BCUT2D eigenvalue weighted by atomic mass is 35.5. The molecule has 4 aromatic rings. The summed E-state index contributed by atoms with van der Waals surface area (Å²) in [6.45, 7) is 0. The molecular weight excluding hydrogens is 464 g/mol. The van der Waals surface area contributed by atoms with Gasteiger partial charge in [-0.05, 0) is 67.4 Å². The molecule has 2 aromatic carbocycles. The summed E-state index contributed by atoms with van der Waals surface area (Å²) in [5.74, 6) is -0.410. The van der Waals surface area contributed by atoms with Crippen molar-refractivity contribution in [2.75, 3.05) is 0 Å². The Bertz CT molecular complexity index is 1380. The average molecular weight is 489 g/mol. The van der Waals surface area contributed by atoms with Crippen molar-refractivity contribution in [2.45, 2.75) is 37.8 Å². The normalized spacial score (nSPS) is 17.7. The molecule has 0 radical (unpaired) electrons. The number of benzene rings is 2. The number of aromatic amines is 1. The van der Waals surface area contributed by atoms with Crippen molar-refractivity contribution in [1.29, 1.82) is 0 Å². The zero-order chi connectivity index (χ0) is 24.4. The molecule has 0 saturated heterocycles. The quantitative estimate of drug-likeness (QED) is 0.283. The van der Waals surface area contributed by atoms with E-state index < -0.39 is 0 Å². The lowest BCUT2D eigenvalue weighted by Gasteiger charge is -2.32. The van der Waals surface area contributed by atoms with E-state index in [1.807, 2.05) is 12.1 Å². The van der Waals surface area contributed by atoms with E-state index in [1.165, 1.54) is 6.20 Å². The first kappa shape index (κ1) is 22.9. The summed E-state index contributed by atoms with van der Waals surface area (Å²) >= 11 is 6.06. The fourth-order valence-electron chi connectivity index (χ4n) is 4.64. The third kappa shape index (κ3) is 5.00. The van der Waals surface area contributed by atoms with Gasteiger partial charge in [-0.15, -0.1) is 0 Å². The maximum Gasteiger partial charge on any atom is 0.268 e. The van der Waals surface area contributed by atoms with Gasteiger partial charge in [-0.25, -0.2) is 0 Å². The number of fused-ring (bicyclic) bond motifs is 1. The molecular formula is C27H25ClN4O3. The van der Waals surface area contributed by atoms with Gasteiger partial charge >= 0.3 is 0 Å². The van der Waals surface area contributed by atoms with Gasteiger partial charge in [0.15, 0.2) is 6.20 Å². The molecule has 2 amide bonds. The number of amides is 2. The van der Waals surface area contributed by atoms with Crippen LogP contribution >= 0.6 is 11.6 Å². The number of aromatic nitrogens is 2. The summed E-state index contributed by atoms with van der Waals surface area (Å²) in [6.07, 6.45) is 4.99. The molecule has 2 aromatic heterocycles. The first-order chi connectivity index (χ1) is 17.0. The molecule has 8 heteroatoms. The van der Waals surface area contributed by atoms with Gasteiger partial charge in [0.2, 0.25) is 5.69 Å². The second-order valence-electron chi connectivity index (χ2n) is 8.85. The van der Waals surface area contributed by atoms with E-state index in [0.29, 0.717) is 22.0 Å². The highest BCUT2D eigenvalue weighted by Crippen LogP contribution is 2.23. The summed E-state index contributed by atoms with van der Waals surface area (Å²) in [6, 6.07) is 19.0. The Morgan fingerprint density at radius 1 is 0.914 bits per heavy atom. The number of H-pyrrole nitrogens is 1. The van der Waals surface area contributed by atoms with Gasteiger partial charge in [-0.2, -0.15) is 4.73 Å². The highest BCUT2D eigenvalue weighted by Gasteiger charge is 2.29. The number of nitrogens with zero attached hydrogens (tertiary/aromatic N) is 1. The largest absolute Gasteiger partial charge is 0.618 e. The Kier molecular flexibility index (Phi) is 6.42. The number of hydrogen-bond donors (Lipinski definition) is 3. The molecule has 2 heterocycles. The third-order valence-electron chi connectivity index (χ3n) is 6.49. The van der Waals surface area contributed by atoms with E-state index in [9.17, 15) is 14.8 Å². The standard InChI is InChI=1S/C27H25ClN4O3/c28-20-12-13-21-19(15-20)16-24(29-21)27(34)31-23-6-2-1-5-22(23)30-26(33)18-10-8-17(9-11-18)25-7-3-4-14-32(25)35/h3-4,7-16,22-23,29H,1-2,5-6H2,(H,30,33)(H,31,34). The summed E-state index contributed by atoms with van der Waals surface area (Å²) < 4.78 is 0.798. The lowest BCUT2D eigenvalue weighted by Crippen LogP contribution is -2.53. The van der Waals surface area contributed by atoms with Gasteiger partial charge in [-0.3, -0.25) is 9.59 Å². The Morgan fingerprint density at radius 2 is 1.63 bits per heavy atom. The molecule has 1 fully saturated rings. The number of hydrogen-bond acceptors (Lipinski definition) is 3. The maximum atomic E-state index is 13.0. The van der Waals surface area contributed by atoms with Gasteiger partial charge in [0, 0.05) is 51.3 Å². The number of rotatable bonds is 5. The van der Waals surface area contributed by atoms with Crippen molar-refractivity contribution >= 4 is 34.3 Å². The Labute approximate surface area is 207 Å². The van der Waals surface area contributed by atoms with Gasteiger partial charge < -0.3 is 20.8 Å². The van der Waals surface area contributed by atoms with Crippen LogP contribution in [0.4, 0.5) is 0 Å². The summed E-state index contributed by atoms with van der Waals surface area (Å²) in [7, 11) is 0. The van der Waals surface area contributed by atoms with E-state index in [4.69, 9.17) is 11.6 Å². The lowest BCUT2D eigenvalue weighted by atomic mass is 9.90. The minimum atomic E-state index is -0.207. The molecule has 5 rings (SSSR count). The number of carbonyl (C=O) groups is 2. The molecule has 2 unspecified atom stereocenters. The van der Waals surface area contributed by atoms with E-state index in [-0.39, 0.29) is 23.9 Å². The minimum absolute atomic E-state index is 0.168. The molecule has 0 spiro atoms. The topological polar surface area (TPSA) is 101 Å². The second kappa shape index (κ2) is 9.80. The van der Waals surface area contributed by atoms with Crippen LogP contribution in [-0.4, -0.2) is 28.9 Å². The Hall–Kier alpha value is -3.84. The van der Waals surface area contributed by atoms with Gasteiger partial charge in [0.25, 0.3) is 11.8 Å². The van der Waals surface area contributed by atoms with Gasteiger partial charge in [-0.1, -0.05) is 24.4 Å². The van der Waals surface area contributed by atoms with Crippen molar-refractivity contribution in [2.24, 2.45) is 0 Å². The number of nitrogens with one attached hydrogen (secondary N) is 3. The van der Waals surface area contributed by atoms with Crippen LogP contribution in [0.5, 0.6) is 0 Å². The van der Waals surface area contributed by atoms with Crippen LogP contribution in [0.15, 0.2) is 72.9 Å². The molecule has 0 aliphatic heterocycles. The molecule has 1 aliphatic rings. The zero-order valence-electron chi connectivity index (χ0n) is 19.0. The van der Waals surface area contributed by atoms with Crippen LogP contribution in [-0.2, 0) is 0 Å². The van der Waals surface area contributed by atoms with Crippen LogP contribution in [0.1, 0.15) is 46.5 Å². The molecule has 1 saturated carbocycles. The van der Waals surface area contributed by atoms with E-state index in [0.717, 1.165) is 46.9 Å². The first-order valence-corrected chi connectivity index (χ1v) is 12.0. The average Bonchev–Trinajstić information content (AvgIpc) is 3.29. The van der Waals surface area contributed by atoms with Crippen LogP contribution in [0, 0.1) is 5.21 Å². The SMILES string of the molecule is O=C(NC1CCCCC1NC(=O)c1cc2cc(Cl)ccc2[nH]1)c1ccc(-c2cccc[n+]2[O-])cc1. The van der Waals surface area contributed by atoms with Crippen LogP contribution in [0.3, 0.4) is 0 Å². The van der Waals surface area contributed by atoms with Gasteiger partial charge in [0.1, 0.15) is 5.69 Å². The molecule has 0 bridgehead atoms. The minimum Gasteiger partial charge on any atom is -0.618 e. The molecule has 178 valence electrons. The predicted molar refractivity (Wildman–Crippen MR) is 135 cm³/mol. The van der Waals surface area contributed by atoms with E-state index in [1.54, 1.807) is 54.6 Å². The van der Waals surface area contributed by atoms with Crippen molar-refractivity contribution in [1.82, 2.24) is 15.6 Å². The first-order valence-electron chi connectivity index (χ1n) is 11.7. The molecule has 2 atom stereocenters. The fourth-order valence-corrected chi connectivity index (χ4v) is 4.82. The smallest absolute Gasteiger partial charge is 0.268 e. The highest BCUT2D eigenvalue weighted by molar-refractivity contribution is 6.31. The summed E-state index contributed by atoms with van der Waals surface area (Å²) in [5, 5.41) is 19.7. The zero-order valence-corrected chi connectivity index (χ0v) is 19.7. The van der Waals surface area contributed by atoms with E-state index >= 15 is 0 Å². The Morgan fingerprint density at radius 3 is 2.34 bits per heavy atom. The summed E-state index contributed by atoms with van der Waals surface area (Å²) in [5.41, 5.74) is 3.07. The van der Waals surface area contributed by atoms with Crippen molar-refractivity contribution in [3.63, 3.8) is 0 Å². The second-order valence-corrected chi connectivity index (χ2v) is 9.28. The monoisotopic (exact) mass is 488 g/mol. The molecule has 7 nitrogen and oxygen atoms in total.